The van der Waals surface area contributed by atoms with Crippen LogP contribution in [0.25, 0.3) is 0 Å². The summed E-state index contributed by atoms with van der Waals surface area (Å²) < 4.78 is 0. The highest BCUT2D eigenvalue weighted by molar-refractivity contribution is 5.33. The van der Waals surface area contributed by atoms with Crippen LogP contribution in [0.5, 0.6) is 0 Å². The highest BCUT2D eigenvalue weighted by Crippen LogP contribution is 2.45. The summed E-state index contributed by atoms with van der Waals surface area (Å²) in [5.41, 5.74) is -0.471. The van der Waals surface area contributed by atoms with Gasteiger partial charge in [-0.15, -0.1) is 0 Å². The summed E-state index contributed by atoms with van der Waals surface area (Å²) in [4.78, 5) is 4.06. The van der Waals surface area contributed by atoms with Gasteiger partial charge in [-0.25, -0.2) is 4.98 Å². The van der Waals surface area contributed by atoms with Crippen LogP contribution in [-0.4, -0.2) is 20.3 Å². The molecular formula is C15H16N4O. The Morgan fingerprint density at radius 1 is 1.15 bits per heavy atom. The number of benzene rings is 1. The van der Waals surface area contributed by atoms with E-state index in [1.165, 1.54) is 6.33 Å². The van der Waals surface area contributed by atoms with Crippen molar-refractivity contribution in [2.75, 3.05) is 0 Å². The van der Waals surface area contributed by atoms with Crippen molar-refractivity contribution < 1.29 is 5.11 Å². The molecule has 0 aliphatic heterocycles. The van der Waals surface area contributed by atoms with Gasteiger partial charge < -0.3 is 5.11 Å². The standard InChI is InChI=1S/C15H16N4O/c16-10-14(12-4-2-1-3-5-12)6-8-15(20,9-7-14)13-17-11-18-19-13/h1-5,11,20H,6-9H2,(H,17,18,19). The van der Waals surface area contributed by atoms with E-state index in [9.17, 15) is 10.4 Å². The van der Waals surface area contributed by atoms with E-state index in [0.717, 1.165) is 5.56 Å². The minimum atomic E-state index is -0.994. The van der Waals surface area contributed by atoms with Crippen LogP contribution in [-0.2, 0) is 11.0 Å². The Balaban J connectivity index is 1.86. The summed E-state index contributed by atoms with van der Waals surface area (Å²) in [5.74, 6) is 0.497. The number of aliphatic hydroxyl groups is 1. The smallest absolute Gasteiger partial charge is 0.156 e. The van der Waals surface area contributed by atoms with Crippen LogP contribution in [0.1, 0.15) is 37.1 Å². The summed E-state index contributed by atoms with van der Waals surface area (Å²) in [5, 5.41) is 26.8. The third-order valence-corrected chi connectivity index (χ3v) is 4.33. The molecule has 1 aromatic heterocycles. The molecule has 1 aliphatic rings. The second kappa shape index (κ2) is 4.73. The molecule has 2 aromatic rings. The molecule has 0 amide bonds. The van der Waals surface area contributed by atoms with Crippen LogP contribution in [0.3, 0.4) is 0 Å². The molecule has 3 rings (SSSR count). The monoisotopic (exact) mass is 268 g/mol. The molecule has 0 bridgehead atoms. The van der Waals surface area contributed by atoms with E-state index < -0.39 is 11.0 Å². The van der Waals surface area contributed by atoms with Crippen LogP contribution in [0.4, 0.5) is 0 Å². The third kappa shape index (κ3) is 1.98. The van der Waals surface area contributed by atoms with Gasteiger partial charge in [-0.2, -0.15) is 10.4 Å². The number of rotatable bonds is 2. The molecule has 0 spiro atoms. The minimum absolute atomic E-state index is 0.497. The predicted molar refractivity (Wildman–Crippen MR) is 72.5 cm³/mol. The van der Waals surface area contributed by atoms with Crippen LogP contribution in [0.15, 0.2) is 36.7 Å². The third-order valence-electron chi connectivity index (χ3n) is 4.33. The predicted octanol–water partition coefficient (Wildman–Crippen LogP) is 2.03. The van der Waals surface area contributed by atoms with E-state index in [4.69, 9.17) is 0 Å². The Labute approximate surface area is 117 Å². The zero-order chi connectivity index (χ0) is 14.1. The van der Waals surface area contributed by atoms with Crippen LogP contribution in [0, 0.1) is 11.3 Å². The molecule has 1 aliphatic carbocycles. The van der Waals surface area contributed by atoms with Gasteiger partial charge in [0, 0.05) is 0 Å². The number of aromatic nitrogens is 3. The van der Waals surface area contributed by atoms with E-state index in [2.05, 4.69) is 21.3 Å². The fourth-order valence-corrected chi connectivity index (χ4v) is 2.98. The van der Waals surface area contributed by atoms with Crippen molar-refractivity contribution in [1.29, 1.82) is 5.26 Å². The van der Waals surface area contributed by atoms with E-state index >= 15 is 0 Å². The molecule has 0 atom stereocenters. The van der Waals surface area contributed by atoms with Crippen LogP contribution in [0.2, 0.25) is 0 Å². The first kappa shape index (κ1) is 12.8. The average Bonchev–Trinajstić information content (AvgIpc) is 3.05. The maximum absolute atomic E-state index is 10.7. The lowest BCUT2D eigenvalue weighted by Gasteiger charge is -2.39. The van der Waals surface area contributed by atoms with Gasteiger partial charge in [-0.3, -0.25) is 5.10 Å². The molecule has 0 saturated heterocycles. The molecule has 1 heterocycles. The van der Waals surface area contributed by atoms with Crippen molar-refractivity contribution in [1.82, 2.24) is 15.2 Å². The molecule has 20 heavy (non-hydrogen) atoms. The molecule has 1 aromatic carbocycles. The summed E-state index contributed by atoms with van der Waals surface area (Å²) in [6, 6.07) is 12.3. The van der Waals surface area contributed by atoms with Gasteiger partial charge in [-0.05, 0) is 31.2 Å². The molecule has 0 radical (unpaired) electrons. The number of H-pyrrole nitrogens is 1. The summed E-state index contributed by atoms with van der Waals surface area (Å²) in [6.45, 7) is 0. The molecule has 5 nitrogen and oxygen atoms in total. The lowest BCUT2D eigenvalue weighted by molar-refractivity contribution is -0.0212. The van der Waals surface area contributed by atoms with E-state index in [0.29, 0.717) is 31.5 Å². The molecule has 1 fully saturated rings. The zero-order valence-electron chi connectivity index (χ0n) is 11.1. The van der Waals surface area contributed by atoms with Crippen LogP contribution >= 0.6 is 0 Å². The summed E-state index contributed by atoms with van der Waals surface area (Å²) >= 11 is 0. The number of aromatic amines is 1. The topological polar surface area (TPSA) is 85.6 Å². The van der Waals surface area contributed by atoms with Gasteiger partial charge in [0.1, 0.15) is 11.9 Å². The molecule has 1 saturated carbocycles. The van der Waals surface area contributed by atoms with Gasteiger partial charge >= 0.3 is 0 Å². The van der Waals surface area contributed by atoms with Gasteiger partial charge in [0.15, 0.2) is 5.82 Å². The average molecular weight is 268 g/mol. The number of hydrogen-bond donors (Lipinski definition) is 2. The number of nitrogens with zero attached hydrogens (tertiary/aromatic N) is 3. The minimum Gasteiger partial charge on any atom is -0.382 e. The quantitative estimate of drug-likeness (QED) is 0.872. The fourth-order valence-electron chi connectivity index (χ4n) is 2.98. The largest absolute Gasteiger partial charge is 0.382 e. The number of nitrogens with one attached hydrogen (secondary N) is 1. The van der Waals surface area contributed by atoms with Crippen molar-refractivity contribution >= 4 is 0 Å². The van der Waals surface area contributed by atoms with Crippen molar-refractivity contribution in [2.24, 2.45) is 0 Å². The van der Waals surface area contributed by atoms with Crippen molar-refractivity contribution in [3.05, 3.63) is 48.0 Å². The normalized spacial score (nSPS) is 29.8. The first-order valence-electron chi connectivity index (χ1n) is 6.74. The van der Waals surface area contributed by atoms with Gasteiger partial charge in [0.05, 0.1) is 11.5 Å². The fraction of sp³-hybridized carbons (Fsp3) is 0.400. The van der Waals surface area contributed by atoms with Crippen molar-refractivity contribution in [3.63, 3.8) is 0 Å². The van der Waals surface area contributed by atoms with Gasteiger partial charge in [0.25, 0.3) is 0 Å². The Bertz CT molecular complexity index is 607. The Hall–Kier alpha value is -2.19. The lowest BCUT2D eigenvalue weighted by atomic mass is 9.66. The number of nitriles is 1. The molecule has 2 N–H and O–H groups in total. The second-order valence-electron chi connectivity index (χ2n) is 5.43. The Kier molecular flexibility index (Phi) is 3.03. The molecule has 0 unspecified atom stereocenters. The SMILES string of the molecule is N#CC1(c2ccccc2)CCC(O)(c2ncn[nH]2)CC1. The Morgan fingerprint density at radius 3 is 2.40 bits per heavy atom. The maximum atomic E-state index is 10.7. The Morgan fingerprint density at radius 2 is 1.85 bits per heavy atom. The van der Waals surface area contributed by atoms with E-state index in [-0.39, 0.29) is 0 Å². The highest BCUT2D eigenvalue weighted by atomic mass is 16.3. The molecule has 102 valence electrons. The van der Waals surface area contributed by atoms with Crippen LogP contribution < -0.4 is 0 Å². The maximum Gasteiger partial charge on any atom is 0.156 e. The second-order valence-corrected chi connectivity index (χ2v) is 5.43. The highest BCUT2D eigenvalue weighted by Gasteiger charge is 2.45. The van der Waals surface area contributed by atoms with E-state index in [1.54, 1.807) is 0 Å². The number of hydrogen-bond acceptors (Lipinski definition) is 4. The summed E-state index contributed by atoms with van der Waals surface area (Å²) in [7, 11) is 0. The van der Waals surface area contributed by atoms with Crippen molar-refractivity contribution in [2.45, 2.75) is 36.7 Å². The first-order valence-corrected chi connectivity index (χ1v) is 6.74. The first-order chi connectivity index (χ1) is 9.69. The van der Waals surface area contributed by atoms with E-state index in [1.807, 2.05) is 30.3 Å². The van der Waals surface area contributed by atoms with Gasteiger partial charge in [-0.1, -0.05) is 30.3 Å². The van der Waals surface area contributed by atoms with Gasteiger partial charge in [0.2, 0.25) is 0 Å². The summed E-state index contributed by atoms with van der Waals surface area (Å²) in [6.07, 6.45) is 3.64. The van der Waals surface area contributed by atoms with Crippen molar-refractivity contribution in [3.8, 4) is 6.07 Å². The lowest BCUT2D eigenvalue weighted by Crippen LogP contribution is -2.39. The molecule has 5 heteroatoms. The molecular weight excluding hydrogens is 252 g/mol. The zero-order valence-corrected chi connectivity index (χ0v) is 11.1.